The van der Waals surface area contributed by atoms with E-state index in [2.05, 4.69) is 0 Å². The Balaban J connectivity index is 3.43. The van der Waals surface area contributed by atoms with Gasteiger partial charge >= 0.3 is 0 Å². The zero-order valence-corrected chi connectivity index (χ0v) is 9.43. The maximum Gasteiger partial charge on any atom is 0.114 e. The SMILES string of the molecule is NC(N)(CO)c1ccc(CO)c(CO)c1CO. The fourth-order valence-corrected chi connectivity index (χ4v) is 1.79. The normalized spacial score (nSPS) is 11.9. The van der Waals surface area contributed by atoms with Crippen LogP contribution in [0.5, 0.6) is 0 Å². The van der Waals surface area contributed by atoms with E-state index in [1.165, 1.54) is 6.07 Å². The number of hydrogen-bond acceptors (Lipinski definition) is 6. The molecule has 0 saturated heterocycles. The van der Waals surface area contributed by atoms with Crippen molar-refractivity contribution in [3.63, 3.8) is 0 Å². The van der Waals surface area contributed by atoms with Crippen LogP contribution in [-0.2, 0) is 25.5 Å². The summed E-state index contributed by atoms with van der Waals surface area (Å²) >= 11 is 0. The Morgan fingerprint density at radius 3 is 1.88 bits per heavy atom. The lowest BCUT2D eigenvalue weighted by atomic mass is 9.90. The second-order valence-electron chi connectivity index (χ2n) is 3.90. The minimum atomic E-state index is -1.49. The highest BCUT2D eigenvalue weighted by molar-refractivity contribution is 5.43. The summed E-state index contributed by atoms with van der Waals surface area (Å²) in [5.41, 5.74) is 11.5. The van der Waals surface area contributed by atoms with E-state index in [0.29, 0.717) is 22.3 Å². The molecule has 1 aromatic rings. The first-order valence-electron chi connectivity index (χ1n) is 5.17. The van der Waals surface area contributed by atoms with Gasteiger partial charge in [0.05, 0.1) is 26.4 Å². The molecule has 6 nitrogen and oxygen atoms in total. The first kappa shape index (κ1) is 14.0. The molecule has 0 unspecified atom stereocenters. The second-order valence-corrected chi connectivity index (χ2v) is 3.90. The van der Waals surface area contributed by atoms with Gasteiger partial charge in [0.2, 0.25) is 0 Å². The largest absolute Gasteiger partial charge is 0.393 e. The van der Waals surface area contributed by atoms with Crippen molar-refractivity contribution in [3.05, 3.63) is 34.4 Å². The first-order chi connectivity index (χ1) is 8.01. The Morgan fingerprint density at radius 2 is 1.47 bits per heavy atom. The molecule has 96 valence electrons. The second kappa shape index (κ2) is 5.54. The number of benzene rings is 1. The van der Waals surface area contributed by atoms with Gasteiger partial charge in [0.25, 0.3) is 0 Å². The summed E-state index contributed by atoms with van der Waals surface area (Å²) in [5, 5.41) is 36.8. The predicted octanol–water partition coefficient (Wildman–Crippen LogP) is -1.77. The lowest BCUT2D eigenvalue weighted by molar-refractivity contribution is 0.195. The summed E-state index contributed by atoms with van der Waals surface area (Å²) in [6.07, 6.45) is 0. The predicted molar refractivity (Wildman–Crippen MR) is 61.3 cm³/mol. The van der Waals surface area contributed by atoms with Gasteiger partial charge in [-0.25, -0.2) is 0 Å². The minimum Gasteiger partial charge on any atom is -0.393 e. The van der Waals surface area contributed by atoms with Gasteiger partial charge in [-0.3, -0.25) is 0 Å². The van der Waals surface area contributed by atoms with Crippen molar-refractivity contribution < 1.29 is 20.4 Å². The molecule has 0 aliphatic rings. The van der Waals surface area contributed by atoms with Crippen LogP contribution in [0.3, 0.4) is 0 Å². The van der Waals surface area contributed by atoms with E-state index in [0.717, 1.165) is 0 Å². The average Bonchev–Trinajstić information content (AvgIpc) is 2.36. The third-order valence-corrected chi connectivity index (χ3v) is 2.78. The van der Waals surface area contributed by atoms with Gasteiger partial charge in [0.15, 0.2) is 0 Å². The highest BCUT2D eigenvalue weighted by Crippen LogP contribution is 2.25. The molecular weight excluding hydrogens is 224 g/mol. The summed E-state index contributed by atoms with van der Waals surface area (Å²) in [4.78, 5) is 0. The molecular formula is C11H18N2O4. The Kier molecular flexibility index (Phi) is 4.58. The fourth-order valence-electron chi connectivity index (χ4n) is 1.79. The number of nitrogens with two attached hydrogens (primary N) is 2. The highest BCUT2D eigenvalue weighted by atomic mass is 16.3. The molecule has 0 aliphatic carbocycles. The van der Waals surface area contributed by atoms with Gasteiger partial charge in [0, 0.05) is 0 Å². The summed E-state index contributed by atoms with van der Waals surface area (Å²) in [5.74, 6) is 0. The maximum absolute atomic E-state index is 9.32. The molecule has 6 heteroatoms. The van der Waals surface area contributed by atoms with Crippen molar-refractivity contribution in [1.29, 1.82) is 0 Å². The minimum absolute atomic E-state index is 0.259. The lowest BCUT2D eigenvalue weighted by Gasteiger charge is -2.27. The zero-order valence-electron chi connectivity index (χ0n) is 9.43. The van der Waals surface area contributed by atoms with E-state index >= 15 is 0 Å². The Labute approximate surface area is 99.1 Å². The van der Waals surface area contributed by atoms with Crippen molar-refractivity contribution >= 4 is 0 Å². The number of hydrogen-bond donors (Lipinski definition) is 6. The van der Waals surface area contributed by atoms with E-state index in [-0.39, 0.29) is 19.8 Å². The van der Waals surface area contributed by atoms with Gasteiger partial charge in [-0.15, -0.1) is 0 Å². The lowest BCUT2D eigenvalue weighted by Crippen LogP contribution is -2.50. The van der Waals surface area contributed by atoms with Crippen LogP contribution in [0.1, 0.15) is 22.3 Å². The quantitative estimate of drug-likeness (QED) is 0.338. The topological polar surface area (TPSA) is 133 Å². The highest BCUT2D eigenvalue weighted by Gasteiger charge is 2.26. The van der Waals surface area contributed by atoms with Crippen molar-refractivity contribution in [1.82, 2.24) is 0 Å². The van der Waals surface area contributed by atoms with Gasteiger partial charge < -0.3 is 31.9 Å². The van der Waals surface area contributed by atoms with E-state index in [9.17, 15) is 10.2 Å². The van der Waals surface area contributed by atoms with Crippen molar-refractivity contribution in [2.45, 2.75) is 25.5 Å². The third-order valence-electron chi connectivity index (χ3n) is 2.78. The molecule has 17 heavy (non-hydrogen) atoms. The molecule has 0 saturated carbocycles. The van der Waals surface area contributed by atoms with E-state index in [4.69, 9.17) is 21.7 Å². The van der Waals surface area contributed by atoms with Crippen LogP contribution in [-0.4, -0.2) is 27.0 Å². The van der Waals surface area contributed by atoms with E-state index in [1.54, 1.807) is 6.07 Å². The molecule has 1 rings (SSSR count). The smallest absolute Gasteiger partial charge is 0.114 e. The fraction of sp³-hybridized carbons (Fsp3) is 0.455. The van der Waals surface area contributed by atoms with Crippen LogP contribution in [0.15, 0.2) is 12.1 Å². The molecule has 0 atom stereocenters. The molecule has 0 bridgehead atoms. The summed E-state index contributed by atoms with van der Waals surface area (Å²) in [6.45, 7) is -1.48. The van der Waals surface area contributed by atoms with E-state index < -0.39 is 12.3 Å². The number of aliphatic hydroxyl groups is 4. The average molecular weight is 242 g/mol. The van der Waals surface area contributed by atoms with Gasteiger partial charge in [0.1, 0.15) is 5.66 Å². The molecule has 0 aliphatic heterocycles. The molecule has 0 heterocycles. The van der Waals surface area contributed by atoms with E-state index in [1.807, 2.05) is 0 Å². The van der Waals surface area contributed by atoms with Crippen molar-refractivity contribution in [3.8, 4) is 0 Å². The summed E-state index contributed by atoms with van der Waals surface area (Å²) in [7, 11) is 0. The van der Waals surface area contributed by atoms with Crippen LogP contribution in [0, 0.1) is 0 Å². The number of aliphatic hydroxyl groups excluding tert-OH is 4. The zero-order chi connectivity index (χ0) is 13.1. The van der Waals surface area contributed by atoms with Crippen LogP contribution < -0.4 is 11.5 Å². The molecule has 1 aromatic carbocycles. The van der Waals surface area contributed by atoms with Gasteiger partial charge in [-0.05, 0) is 22.3 Å². The first-order valence-corrected chi connectivity index (χ1v) is 5.17. The van der Waals surface area contributed by atoms with Crippen LogP contribution in [0.2, 0.25) is 0 Å². The third kappa shape index (κ3) is 2.63. The number of rotatable bonds is 5. The Morgan fingerprint density at radius 1 is 0.882 bits per heavy atom. The molecule has 0 amide bonds. The van der Waals surface area contributed by atoms with Gasteiger partial charge in [-0.2, -0.15) is 0 Å². The summed E-state index contributed by atoms with van der Waals surface area (Å²) in [6, 6.07) is 3.09. The van der Waals surface area contributed by atoms with Gasteiger partial charge in [-0.1, -0.05) is 12.1 Å². The molecule has 0 radical (unpaired) electrons. The molecule has 0 fully saturated rings. The Bertz CT molecular complexity index is 393. The molecule has 0 aromatic heterocycles. The molecule has 0 spiro atoms. The van der Waals surface area contributed by atoms with Crippen molar-refractivity contribution in [2.75, 3.05) is 6.61 Å². The maximum atomic E-state index is 9.32. The standard InChI is InChI=1S/C11H18N2O4/c12-11(13,6-17)10-2-1-7(3-14)8(4-15)9(10)5-16/h1-2,14-17H,3-6,12-13H2. The van der Waals surface area contributed by atoms with Crippen LogP contribution in [0.4, 0.5) is 0 Å². The van der Waals surface area contributed by atoms with Crippen LogP contribution in [0.25, 0.3) is 0 Å². The monoisotopic (exact) mass is 242 g/mol. The van der Waals surface area contributed by atoms with Crippen LogP contribution >= 0.6 is 0 Å². The summed E-state index contributed by atoms with van der Waals surface area (Å²) < 4.78 is 0. The molecule has 8 N–H and O–H groups in total. The Hall–Kier alpha value is -1.02. The van der Waals surface area contributed by atoms with Crippen molar-refractivity contribution in [2.24, 2.45) is 11.5 Å².